The summed E-state index contributed by atoms with van der Waals surface area (Å²) in [7, 11) is 3.52. The van der Waals surface area contributed by atoms with E-state index in [0.717, 1.165) is 35.3 Å². The molecule has 2 amide bonds. The van der Waals surface area contributed by atoms with Crippen LogP contribution in [0.5, 0.6) is 5.75 Å². The van der Waals surface area contributed by atoms with Crippen molar-refractivity contribution in [2.24, 2.45) is 14.1 Å². The highest BCUT2D eigenvalue weighted by atomic mass is 35.5. The van der Waals surface area contributed by atoms with Crippen LogP contribution in [-0.2, 0) is 31.9 Å². The van der Waals surface area contributed by atoms with E-state index in [1.54, 1.807) is 48.3 Å². The van der Waals surface area contributed by atoms with Crippen LogP contribution in [0.2, 0.25) is 5.02 Å². The number of aromatic hydroxyl groups is 1. The lowest BCUT2D eigenvalue weighted by atomic mass is 9.97. The number of aryl methyl sites for hydroxylation is 2. The maximum atomic E-state index is 13.7. The molecule has 1 atom stereocenters. The molecular weight excluding hydrogens is 592 g/mol. The van der Waals surface area contributed by atoms with Gasteiger partial charge in [0, 0.05) is 55.1 Å². The first-order valence-electron chi connectivity index (χ1n) is 14.6. The first kappa shape index (κ1) is 30.0. The molecule has 1 aliphatic heterocycles. The van der Waals surface area contributed by atoms with E-state index in [1.807, 2.05) is 43.4 Å². The molecule has 3 heterocycles. The molecule has 1 aliphatic rings. The number of rotatable bonds is 10. The van der Waals surface area contributed by atoms with E-state index in [2.05, 4.69) is 30.8 Å². The fourth-order valence-corrected chi connectivity index (χ4v) is 5.51. The Labute approximate surface area is 265 Å². The minimum Gasteiger partial charge on any atom is -0.508 e. The third-order valence-corrected chi connectivity index (χ3v) is 8.39. The van der Waals surface area contributed by atoms with Gasteiger partial charge in [-0.15, -0.1) is 10.2 Å². The van der Waals surface area contributed by atoms with Gasteiger partial charge in [-0.25, -0.2) is 0 Å². The van der Waals surface area contributed by atoms with Crippen LogP contribution >= 0.6 is 11.6 Å². The van der Waals surface area contributed by atoms with Crippen LogP contribution in [0.3, 0.4) is 0 Å². The third kappa shape index (κ3) is 6.74. The zero-order valence-corrected chi connectivity index (χ0v) is 25.7. The first-order chi connectivity index (χ1) is 21.7. The fraction of sp³-hybridized carbons (Fsp3) is 0.242. The number of carbonyl (C=O) groups is 2. The van der Waals surface area contributed by atoms with Gasteiger partial charge in [0.2, 0.25) is 5.91 Å². The Hall–Kier alpha value is -5.00. The molecule has 11 nitrogen and oxygen atoms in total. The van der Waals surface area contributed by atoms with Crippen molar-refractivity contribution in [1.82, 2.24) is 34.8 Å². The van der Waals surface area contributed by atoms with Crippen molar-refractivity contribution in [2.45, 2.75) is 25.4 Å². The maximum absolute atomic E-state index is 13.7. The number of hydrogen-bond acceptors (Lipinski definition) is 7. The number of carbonyl (C=O) groups excluding carboxylic acids is 2. The summed E-state index contributed by atoms with van der Waals surface area (Å²) in [5, 5.41) is 28.9. The van der Waals surface area contributed by atoms with Gasteiger partial charge in [-0.2, -0.15) is 5.10 Å². The van der Waals surface area contributed by atoms with Gasteiger partial charge in [0.15, 0.2) is 5.82 Å². The molecule has 1 unspecified atom stereocenters. The highest BCUT2D eigenvalue weighted by Gasteiger charge is 2.25. The van der Waals surface area contributed by atoms with Gasteiger partial charge in [-0.05, 0) is 90.8 Å². The maximum Gasteiger partial charge on any atom is 0.270 e. The van der Waals surface area contributed by atoms with E-state index >= 15 is 0 Å². The van der Waals surface area contributed by atoms with Crippen molar-refractivity contribution in [3.8, 4) is 28.3 Å². The van der Waals surface area contributed by atoms with Gasteiger partial charge in [-0.1, -0.05) is 23.7 Å². The lowest BCUT2D eigenvalue weighted by Crippen LogP contribution is -2.45. The third-order valence-electron chi connectivity index (χ3n) is 8.02. The normalized spacial score (nSPS) is 13.7. The van der Waals surface area contributed by atoms with Crippen molar-refractivity contribution in [3.05, 3.63) is 101 Å². The Balaban J connectivity index is 1.25. The van der Waals surface area contributed by atoms with E-state index in [1.165, 1.54) is 17.3 Å². The second-order valence-electron chi connectivity index (χ2n) is 11.2. The Morgan fingerprint density at radius 3 is 2.31 bits per heavy atom. The van der Waals surface area contributed by atoms with Crippen molar-refractivity contribution in [2.75, 3.05) is 18.4 Å². The molecule has 45 heavy (non-hydrogen) atoms. The van der Waals surface area contributed by atoms with Crippen LogP contribution < -0.4 is 10.6 Å². The van der Waals surface area contributed by atoms with Crippen LogP contribution in [-0.4, -0.2) is 65.5 Å². The number of aromatic nitrogens is 5. The highest BCUT2D eigenvalue weighted by molar-refractivity contribution is 6.31. The molecule has 0 spiro atoms. The molecule has 0 radical (unpaired) electrons. The monoisotopic (exact) mass is 624 g/mol. The first-order valence-corrected chi connectivity index (χ1v) is 15.0. The van der Waals surface area contributed by atoms with Crippen LogP contribution in [0.15, 0.2) is 79.3 Å². The molecule has 1 saturated heterocycles. The van der Waals surface area contributed by atoms with Gasteiger partial charge in [0.1, 0.15) is 23.8 Å². The van der Waals surface area contributed by atoms with Crippen molar-refractivity contribution in [3.63, 3.8) is 0 Å². The Morgan fingerprint density at radius 1 is 0.956 bits per heavy atom. The zero-order chi connectivity index (χ0) is 31.5. The van der Waals surface area contributed by atoms with Crippen molar-refractivity contribution >= 4 is 29.1 Å². The van der Waals surface area contributed by atoms with E-state index in [0.29, 0.717) is 34.3 Å². The second kappa shape index (κ2) is 12.9. The molecule has 6 rings (SSSR count). The van der Waals surface area contributed by atoms with E-state index in [-0.39, 0.29) is 12.2 Å². The zero-order valence-electron chi connectivity index (χ0n) is 24.9. The number of hydrogen-bond donors (Lipinski definition) is 3. The van der Waals surface area contributed by atoms with Crippen molar-refractivity contribution in [1.29, 1.82) is 0 Å². The van der Waals surface area contributed by atoms with E-state index in [4.69, 9.17) is 11.6 Å². The summed E-state index contributed by atoms with van der Waals surface area (Å²) in [4.78, 5) is 29.2. The predicted octanol–water partition coefficient (Wildman–Crippen LogP) is 4.43. The SMILES string of the molecule is Cn1cnnc1-c1ccc(NC(=O)C(Cc2cc(-c3ccc(O)c(CN4CCC4)c3)ccc2Cl)NC(=O)c2ccnn2C)cc1. The number of likely N-dealkylation sites (tertiary alicyclic amines) is 1. The lowest BCUT2D eigenvalue weighted by molar-refractivity contribution is -0.118. The summed E-state index contributed by atoms with van der Waals surface area (Å²) < 4.78 is 3.26. The molecule has 230 valence electrons. The molecule has 1 fully saturated rings. The standard InChI is InChI=1S/C33H33ClN8O3/c1-40-20-35-39-31(40)21-4-8-26(9-5-21)37-32(44)28(38-33(45)29-12-13-36-41(29)2)18-24-16-22(6-10-27(24)34)23-7-11-30(43)25(17-23)19-42-14-3-15-42/h4-13,16-17,20,28,43H,3,14-15,18-19H2,1-2H3,(H,37,44)(H,38,45). The molecule has 0 saturated carbocycles. The number of phenolic OH excluding ortho intramolecular Hbond substituents is 1. The number of nitrogens with one attached hydrogen (secondary N) is 2. The van der Waals surface area contributed by atoms with Gasteiger partial charge >= 0.3 is 0 Å². The van der Waals surface area contributed by atoms with Gasteiger partial charge in [0.25, 0.3) is 5.91 Å². The molecule has 3 aromatic carbocycles. The molecule has 5 aromatic rings. The minimum absolute atomic E-state index is 0.137. The molecular formula is C33H33ClN8O3. The van der Waals surface area contributed by atoms with E-state index in [9.17, 15) is 14.7 Å². The summed E-state index contributed by atoms with van der Waals surface area (Å²) in [5.74, 6) is 0.123. The minimum atomic E-state index is -0.958. The van der Waals surface area contributed by atoms with E-state index < -0.39 is 17.9 Å². The number of halogens is 1. The number of amides is 2. The Kier molecular flexibility index (Phi) is 8.63. The molecule has 0 bridgehead atoms. The van der Waals surface area contributed by atoms with Crippen LogP contribution in [0.1, 0.15) is 28.0 Å². The summed E-state index contributed by atoms with van der Waals surface area (Å²) in [6.07, 6.45) is 4.45. The summed E-state index contributed by atoms with van der Waals surface area (Å²) in [6.45, 7) is 2.73. The van der Waals surface area contributed by atoms with Crippen molar-refractivity contribution < 1.29 is 14.7 Å². The molecule has 3 N–H and O–H groups in total. The van der Waals surface area contributed by atoms with Crippen LogP contribution in [0, 0.1) is 0 Å². The summed E-state index contributed by atoms with van der Waals surface area (Å²) >= 11 is 6.67. The van der Waals surface area contributed by atoms with Gasteiger partial charge < -0.3 is 20.3 Å². The number of phenols is 1. The number of nitrogens with zero attached hydrogens (tertiary/aromatic N) is 6. The molecule has 0 aliphatic carbocycles. The average molecular weight is 625 g/mol. The average Bonchev–Trinajstić information content (AvgIpc) is 3.64. The summed E-state index contributed by atoms with van der Waals surface area (Å²) in [6, 6.07) is 19.1. The smallest absolute Gasteiger partial charge is 0.270 e. The predicted molar refractivity (Wildman–Crippen MR) is 172 cm³/mol. The number of benzene rings is 3. The largest absolute Gasteiger partial charge is 0.508 e. The van der Waals surface area contributed by atoms with Gasteiger partial charge in [-0.3, -0.25) is 19.2 Å². The van der Waals surface area contributed by atoms with Crippen LogP contribution in [0.25, 0.3) is 22.5 Å². The molecule has 12 heteroatoms. The fourth-order valence-electron chi connectivity index (χ4n) is 5.32. The second-order valence-corrected chi connectivity index (χ2v) is 11.6. The lowest BCUT2D eigenvalue weighted by Gasteiger charge is -2.31. The van der Waals surface area contributed by atoms with Crippen LogP contribution in [0.4, 0.5) is 5.69 Å². The topological polar surface area (TPSA) is 130 Å². The summed E-state index contributed by atoms with van der Waals surface area (Å²) in [5.41, 5.74) is 5.08. The number of anilines is 1. The Morgan fingerprint density at radius 2 is 1.67 bits per heavy atom. The van der Waals surface area contributed by atoms with Gasteiger partial charge in [0.05, 0.1) is 0 Å². The molecule has 2 aromatic heterocycles. The Bertz CT molecular complexity index is 1840. The quantitative estimate of drug-likeness (QED) is 0.210. The highest BCUT2D eigenvalue weighted by Crippen LogP contribution is 2.31.